The minimum Gasteiger partial charge on any atom is -0.305 e. The van der Waals surface area contributed by atoms with Crippen molar-refractivity contribution in [1.29, 1.82) is 0 Å². The summed E-state index contributed by atoms with van der Waals surface area (Å²) in [6.45, 7) is 13.9. The Morgan fingerprint density at radius 1 is 1.33 bits per heavy atom. The Kier molecular flexibility index (Phi) is 4.78. The van der Waals surface area contributed by atoms with E-state index in [0.717, 1.165) is 12.2 Å². The van der Waals surface area contributed by atoms with Crippen LogP contribution in [0.1, 0.15) is 56.2 Å². The first-order valence-electron chi connectivity index (χ1n) is 7.33. The summed E-state index contributed by atoms with van der Waals surface area (Å²) in [7, 11) is 0. The second-order valence-electron chi connectivity index (χ2n) is 6.63. The van der Waals surface area contributed by atoms with Gasteiger partial charge in [0, 0.05) is 22.4 Å². The van der Waals surface area contributed by atoms with Crippen molar-refractivity contribution in [1.82, 2.24) is 25.1 Å². The number of aromatic nitrogens is 4. The molecule has 5 nitrogen and oxygen atoms in total. The topological polar surface area (TPSA) is 55.6 Å². The van der Waals surface area contributed by atoms with Gasteiger partial charge < -0.3 is 5.32 Å². The van der Waals surface area contributed by atoms with E-state index in [4.69, 9.17) is 4.98 Å². The normalized spacial score (nSPS) is 15.1. The number of rotatable bonds is 5. The fraction of sp³-hybridized carbons (Fsp3) is 0.667. The quantitative estimate of drug-likeness (QED) is 0.922. The van der Waals surface area contributed by atoms with Crippen LogP contribution >= 0.6 is 11.3 Å². The lowest BCUT2D eigenvalue weighted by Crippen LogP contribution is -2.32. The van der Waals surface area contributed by atoms with Crippen LogP contribution < -0.4 is 5.32 Å². The van der Waals surface area contributed by atoms with E-state index in [-0.39, 0.29) is 11.5 Å². The zero-order chi connectivity index (χ0) is 15.6. The van der Waals surface area contributed by atoms with Gasteiger partial charge in [0.1, 0.15) is 12.7 Å². The van der Waals surface area contributed by atoms with E-state index in [2.05, 4.69) is 56.9 Å². The molecule has 0 saturated heterocycles. The molecule has 0 aromatic carbocycles. The fourth-order valence-corrected chi connectivity index (χ4v) is 3.43. The average molecular weight is 307 g/mol. The van der Waals surface area contributed by atoms with Gasteiger partial charge in [0.05, 0.1) is 17.2 Å². The Labute approximate surface area is 130 Å². The summed E-state index contributed by atoms with van der Waals surface area (Å²) in [5, 5.41) is 8.97. The molecule has 0 aliphatic carbocycles. The van der Waals surface area contributed by atoms with Crippen molar-refractivity contribution >= 4 is 11.3 Å². The minimum absolute atomic E-state index is 0.111. The highest BCUT2D eigenvalue weighted by molar-refractivity contribution is 7.12. The molecule has 0 radical (unpaired) electrons. The first-order chi connectivity index (χ1) is 9.77. The SMILES string of the molecule is Cc1nc(C(C)(C)C)sc1[C@H](C)N[C@@H](C)Cn1cncn1. The van der Waals surface area contributed by atoms with Crippen molar-refractivity contribution in [3.8, 4) is 0 Å². The summed E-state index contributed by atoms with van der Waals surface area (Å²) in [5.41, 5.74) is 1.25. The number of hydrogen-bond donors (Lipinski definition) is 1. The third-order valence-electron chi connectivity index (χ3n) is 3.33. The zero-order valence-electron chi connectivity index (χ0n) is 13.7. The van der Waals surface area contributed by atoms with E-state index in [0.29, 0.717) is 6.04 Å². The van der Waals surface area contributed by atoms with Crippen LogP contribution in [-0.2, 0) is 12.0 Å². The van der Waals surface area contributed by atoms with Crippen LogP contribution in [0.3, 0.4) is 0 Å². The first kappa shape index (κ1) is 16.1. The molecule has 2 aromatic heterocycles. The van der Waals surface area contributed by atoms with Gasteiger partial charge in [0.2, 0.25) is 0 Å². The highest BCUT2D eigenvalue weighted by atomic mass is 32.1. The van der Waals surface area contributed by atoms with E-state index >= 15 is 0 Å². The maximum Gasteiger partial charge on any atom is 0.137 e. The lowest BCUT2D eigenvalue weighted by molar-refractivity contribution is 0.414. The van der Waals surface area contributed by atoms with E-state index in [1.807, 2.05) is 16.0 Å². The second kappa shape index (κ2) is 6.23. The van der Waals surface area contributed by atoms with Gasteiger partial charge in [0.15, 0.2) is 0 Å². The zero-order valence-corrected chi connectivity index (χ0v) is 14.5. The molecule has 0 spiro atoms. The molecule has 0 fully saturated rings. The number of thiazole rings is 1. The molecule has 6 heteroatoms. The molecule has 0 amide bonds. The molecule has 2 rings (SSSR count). The van der Waals surface area contributed by atoms with Crippen LogP contribution in [-0.4, -0.2) is 25.8 Å². The Hall–Kier alpha value is -1.27. The van der Waals surface area contributed by atoms with E-state index in [1.165, 1.54) is 9.88 Å². The average Bonchev–Trinajstić information content (AvgIpc) is 2.97. The molecular formula is C15H25N5S. The summed E-state index contributed by atoms with van der Waals surface area (Å²) in [5.74, 6) is 0. The third-order valence-corrected chi connectivity index (χ3v) is 5.10. The Morgan fingerprint density at radius 3 is 2.57 bits per heavy atom. The smallest absolute Gasteiger partial charge is 0.137 e. The predicted molar refractivity (Wildman–Crippen MR) is 86.6 cm³/mol. The van der Waals surface area contributed by atoms with E-state index in [9.17, 15) is 0 Å². The molecular weight excluding hydrogens is 282 g/mol. The van der Waals surface area contributed by atoms with Crippen molar-refractivity contribution in [3.05, 3.63) is 28.2 Å². The van der Waals surface area contributed by atoms with Gasteiger partial charge in [-0.2, -0.15) is 5.10 Å². The molecule has 2 atom stereocenters. The second-order valence-corrected chi connectivity index (χ2v) is 7.66. The van der Waals surface area contributed by atoms with Gasteiger partial charge in [-0.25, -0.2) is 9.97 Å². The van der Waals surface area contributed by atoms with Crippen molar-refractivity contribution in [2.24, 2.45) is 0 Å². The molecule has 0 saturated carbocycles. The largest absolute Gasteiger partial charge is 0.305 e. The number of nitrogens with one attached hydrogen (secondary N) is 1. The summed E-state index contributed by atoms with van der Waals surface area (Å²) < 4.78 is 1.85. The summed E-state index contributed by atoms with van der Waals surface area (Å²) in [6, 6.07) is 0.610. The summed E-state index contributed by atoms with van der Waals surface area (Å²) in [6.07, 6.45) is 3.32. The summed E-state index contributed by atoms with van der Waals surface area (Å²) >= 11 is 1.82. The number of aryl methyl sites for hydroxylation is 1. The van der Waals surface area contributed by atoms with Gasteiger partial charge in [-0.1, -0.05) is 20.8 Å². The highest BCUT2D eigenvalue weighted by Gasteiger charge is 2.23. The van der Waals surface area contributed by atoms with Gasteiger partial charge in [0.25, 0.3) is 0 Å². The molecule has 0 aliphatic heterocycles. The van der Waals surface area contributed by atoms with Crippen LogP contribution in [0, 0.1) is 6.92 Å². The summed E-state index contributed by atoms with van der Waals surface area (Å²) in [4.78, 5) is 10.0. The highest BCUT2D eigenvalue weighted by Crippen LogP contribution is 2.32. The van der Waals surface area contributed by atoms with Gasteiger partial charge in [-0.3, -0.25) is 4.68 Å². The lowest BCUT2D eigenvalue weighted by atomic mass is 9.98. The van der Waals surface area contributed by atoms with Crippen LogP contribution in [0.4, 0.5) is 0 Å². The molecule has 2 heterocycles. The predicted octanol–water partition coefficient (Wildman–Crippen LogP) is 3.08. The maximum absolute atomic E-state index is 4.74. The van der Waals surface area contributed by atoms with Crippen molar-refractivity contribution in [3.63, 3.8) is 0 Å². The number of nitrogens with zero attached hydrogens (tertiary/aromatic N) is 4. The Balaban J connectivity index is 2.03. The maximum atomic E-state index is 4.74. The molecule has 116 valence electrons. The Morgan fingerprint density at radius 2 is 2.05 bits per heavy atom. The molecule has 0 bridgehead atoms. The van der Waals surface area contributed by atoms with Crippen LogP contribution in [0.5, 0.6) is 0 Å². The molecule has 0 unspecified atom stereocenters. The van der Waals surface area contributed by atoms with Crippen molar-refractivity contribution in [2.45, 2.75) is 65.6 Å². The van der Waals surface area contributed by atoms with Crippen molar-refractivity contribution in [2.75, 3.05) is 0 Å². The molecule has 21 heavy (non-hydrogen) atoms. The first-order valence-corrected chi connectivity index (χ1v) is 8.15. The lowest BCUT2D eigenvalue weighted by Gasteiger charge is -2.19. The molecule has 2 aromatic rings. The van der Waals surface area contributed by atoms with E-state index < -0.39 is 0 Å². The van der Waals surface area contributed by atoms with Gasteiger partial charge in [-0.15, -0.1) is 11.3 Å². The van der Waals surface area contributed by atoms with Gasteiger partial charge >= 0.3 is 0 Å². The minimum atomic E-state index is 0.111. The fourth-order valence-electron chi connectivity index (χ4n) is 2.29. The standard InChI is InChI=1S/C15H25N5S/c1-10(7-20-9-16-8-17-20)18-11(2)13-12(3)19-14(21-13)15(4,5)6/h8-11,18H,7H2,1-6H3/t10-,11-/m0/s1. The monoisotopic (exact) mass is 307 g/mol. The van der Waals surface area contributed by atoms with Crippen LogP contribution in [0.25, 0.3) is 0 Å². The molecule has 1 N–H and O–H groups in total. The van der Waals surface area contributed by atoms with E-state index in [1.54, 1.807) is 12.7 Å². The van der Waals surface area contributed by atoms with Crippen LogP contribution in [0.2, 0.25) is 0 Å². The van der Waals surface area contributed by atoms with Crippen molar-refractivity contribution < 1.29 is 0 Å². The third kappa shape index (κ3) is 4.11. The number of hydrogen-bond acceptors (Lipinski definition) is 5. The van der Waals surface area contributed by atoms with Gasteiger partial charge in [-0.05, 0) is 20.8 Å². The van der Waals surface area contributed by atoms with Crippen LogP contribution in [0.15, 0.2) is 12.7 Å². The molecule has 0 aliphatic rings. The Bertz CT molecular complexity index is 567.